The molecule has 1 aliphatic rings. The van der Waals surface area contributed by atoms with Gasteiger partial charge in [-0.15, -0.1) is 24.0 Å². The maximum atomic E-state index is 12.4. The van der Waals surface area contributed by atoms with E-state index < -0.39 is 0 Å². The maximum Gasteiger partial charge on any atom is 0.229 e. The number of carbonyl (C=O) groups is 1. The highest BCUT2D eigenvalue weighted by molar-refractivity contribution is 14.0. The van der Waals surface area contributed by atoms with E-state index in [2.05, 4.69) is 20.7 Å². The summed E-state index contributed by atoms with van der Waals surface area (Å²) in [6.45, 7) is 1.21. The highest BCUT2D eigenvalue weighted by atomic mass is 127. The predicted octanol–water partition coefficient (Wildman–Crippen LogP) is 2.96. The molecular weight excluding hydrogens is 491 g/mol. The lowest BCUT2D eigenvalue weighted by Crippen LogP contribution is -2.44. The second kappa shape index (κ2) is 10.2. The molecule has 7 nitrogen and oxygen atoms in total. The van der Waals surface area contributed by atoms with Crippen LogP contribution in [0.4, 0.5) is 5.69 Å². The zero-order chi connectivity index (χ0) is 20.1. The van der Waals surface area contributed by atoms with Crippen LogP contribution in [0, 0.1) is 0 Å². The number of para-hydroxylation sites is 2. The summed E-state index contributed by atoms with van der Waals surface area (Å²) in [4.78, 5) is 18.5. The number of halogens is 1. The van der Waals surface area contributed by atoms with Crippen LogP contribution >= 0.6 is 24.0 Å². The van der Waals surface area contributed by atoms with Gasteiger partial charge in [-0.25, -0.2) is 4.68 Å². The highest BCUT2D eigenvalue weighted by Gasteiger charge is 2.31. The molecule has 1 saturated heterocycles. The lowest BCUT2D eigenvalue weighted by Gasteiger charge is -2.18. The zero-order valence-electron chi connectivity index (χ0n) is 16.7. The molecule has 1 amide bonds. The van der Waals surface area contributed by atoms with Crippen LogP contribution in [0.2, 0.25) is 0 Å². The molecule has 0 aliphatic carbocycles. The van der Waals surface area contributed by atoms with Crippen molar-refractivity contribution in [3.8, 4) is 5.69 Å². The molecule has 8 heteroatoms. The average molecular weight is 516 g/mol. The molecule has 1 atom stereocenters. The minimum absolute atomic E-state index is 0. The molecule has 1 aromatic heterocycles. The Hall–Kier alpha value is -2.88. The largest absolute Gasteiger partial charge is 0.352 e. The molecule has 30 heavy (non-hydrogen) atoms. The number of guanidine groups is 1. The summed E-state index contributed by atoms with van der Waals surface area (Å²) in [5, 5.41) is 11.1. The van der Waals surface area contributed by atoms with Crippen molar-refractivity contribution < 1.29 is 4.79 Å². The van der Waals surface area contributed by atoms with Gasteiger partial charge in [-0.3, -0.25) is 9.79 Å². The second-order valence-corrected chi connectivity index (χ2v) is 6.94. The van der Waals surface area contributed by atoms with E-state index in [0.29, 0.717) is 25.5 Å². The van der Waals surface area contributed by atoms with E-state index in [9.17, 15) is 4.79 Å². The van der Waals surface area contributed by atoms with Crippen LogP contribution in [0.3, 0.4) is 0 Å². The van der Waals surface area contributed by atoms with Gasteiger partial charge in [0.1, 0.15) is 0 Å². The smallest absolute Gasteiger partial charge is 0.229 e. The summed E-state index contributed by atoms with van der Waals surface area (Å²) >= 11 is 0. The topological polar surface area (TPSA) is 74.5 Å². The monoisotopic (exact) mass is 516 g/mol. The first kappa shape index (κ1) is 21.8. The van der Waals surface area contributed by atoms with Gasteiger partial charge in [0.15, 0.2) is 5.96 Å². The molecule has 4 rings (SSSR count). The Morgan fingerprint density at radius 3 is 2.43 bits per heavy atom. The van der Waals surface area contributed by atoms with E-state index in [4.69, 9.17) is 0 Å². The maximum absolute atomic E-state index is 12.4. The number of nitrogens with zero attached hydrogens (tertiary/aromatic N) is 4. The molecule has 0 spiro atoms. The van der Waals surface area contributed by atoms with E-state index >= 15 is 0 Å². The molecule has 0 bridgehead atoms. The molecule has 2 heterocycles. The Bertz CT molecular complexity index is 989. The summed E-state index contributed by atoms with van der Waals surface area (Å²) in [5.41, 5.74) is 3.00. The fourth-order valence-corrected chi connectivity index (χ4v) is 3.41. The van der Waals surface area contributed by atoms with Crippen molar-refractivity contribution in [1.82, 2.24) is 20.4 Å². The average Bonchev–Trinajstić information content (AvgIpc) is 3.39. The van der Waals surface area contributed by atoms with Crippen LogP contribution in [-0.2, 0) is 11.3 Å². The van der Waals surface area contributed by atoms with Crippen LogP contribution in [0.15, 0.2) is 78.0 Å². The van der Waals surface area contributed by atoms with Gasteiger partial charge < -0.3 is 15.5 Å². The van der Waals surface area contributed by atoms with Crippen molar-refractivity contribution in [2.75, 3.05) is 18.5 Å². The first-order chi connectivity index (χ1) is 14.2. The van der Waals surface area contributed by atoms with E-state index in [1.807, 2.05) is 82.6 Å². The van der Waals surface area contributed by atoms with Gasteiger partial charge in [-0.05, 0) is 24.3 Å². The highest BCUT2D eigenvalue weighted by Crippen LogP contribution is 2.20. The Morgan fingerprint density at radius 2 is 1.77 bits per heavy atom. The van der Waals surface area contributed by atoms with Gasteiger partial charge in [0.05, 0.1) is 17.9 Å². The van der Waals surface area contributed by atoms with E-state index in [1.165, 1.54) is 0 Å². The number of hydrogen-bond donors (Lipinski definition) is 2. The first-order valence-corrected chi connectivity index (χ1v) is 9.64. The third-order valence-electron chi connectivity index (χ3n) is 4.87. The van der Waals surface area contributed by atoms with Gasteiger partial charge in [-0.1, -0.05) is 36.4 Å². The van der Waals surface area contributed by atoms with Crippen molar-refractivity contribution in [3.63, 3.8) is 0 Å². The Kier molecular flexibility index (Phi) is 7.45. The molecule has 1 unspecified atom stereocenters. The fourth-order valence-electron chi connectivity index (χ4n) is 3.41. The standard InChI is InChI=1S/C22H24N6O.HI/c1-23-22(24-13-17-14-25-28(15-17)20-10-6-3-7-11-20)26-18-12-21(29)27(16-18)19-8-4-2-5-9-19;/h2-11,14-15,18H,12-13,16H2,1H3,(H2,23,24,26);1H. The van der Waals surface area contributed by atoms with E-state index in [1.54, 1.807) is 7.05 Å². The number of benzene rings is 2. The minimum Gasteiger partial charge on any atom is -0.352 e. The van der Waals surface area contributed by atoms with Crippen LogP contribution in [0.5, 0.6) is 0 Å². The minimum atomic E-state index is 0. The van der Waals surface area contributed by atoms with Crippen LogP contribution in [-0.4, -0.2) is 41.3 Å². The van der Waals surface area contributed by atoms with Gasteiger partial charge in [0.25, 0.3) is 0 Å². The summed E-state index contributed by atoms with van der Waals surface area (Å²) < 4.78 is 1.85. The normalized spacial score (nSPS) is 16.3. The third kappa shape index (κ3) is 5.18. The summed E-state index contributed by atoms with van der Waals surface area (Å²) in [6.07, 6.45) is 4.27. The number of aromatic nitrogens is 2. The molecule has 0 saturated carbocycles. The van der Waals surface area contributed by atoms with Crippen molar-refractivity contribution in [2.24, 2.45) is 4.99 Å². The molecule has 2 aromatic carbocycles. The summed E-state index contributed by atoms with van der Waals surface area (Å²) in [7, 11) is 1.73. The van der Waals surface area contributed by atoms with Gasteiger partial charge in [0, 0.05) is 44.0 Å². The first-order valence-electron chi connectivity index (χ1n) is 9.64. The second-order valence-electron chi connectivity index (χ2n) is 6.94. The van der Waals surface area contributed by atoms with Crippen LogP contribution < -0.4 is 15.5 Å². The molecule has 0 radical (unpaired) electrons. The number of nitrogens with one attached hydrogen (secondary N) is 2. The SMILES string of the molecule is CN=C(NCc1cnn(-c2ccccc2)c1)NC1CC(=O)N(c2ccccc2)C1.I. The number of anilines is 1. The zero-order valence-corrected chi connectivity index (χ0v) is 19.1. The number of rotatable bonds is 5. The fraction of sp³-hybridized carbons (Fsp3) is 0.227. The number of amides is 1. The summed E-state index contributed by atoms with van der Waals surface area (Å²) in [6, 6.07) is 19.8. The lowest BCUT2D eigenvalue weighted by atomic mass is 10.2. The molecule has 2 N–H and O–H groups in total. The third-order valence-corrected chi connectivity index (χ3v) is 4.87. The molecule has 156 valence electrons. The molecular formula is C22H25IN6O. The molecule has 3 aromatic rings. The number of aliphatic imine (C=N–C) groups is 1. The van der Waals surface area contributed by atoms with Gasteiger partial charge in [-0.2, -0.15) is 5.10 Å². The molecule has 1 fully saturated rings. The van der Waals surface area contributed by atoms with Crippen LogP contribution in [0.25, 0.3) is 5.69 Å². The summed E-state index contributed by atoms with van der Waals surface area (Å²) in [5.74, 6) is 0.790. The van der Waals surface area contributed by atoms with Crippen LogP contribution in [0.1, 0.15) is 12.0 Å². The van der Waals surface area contributed by atoms with E-state index in [-0.39, 0.29) is 35.9 Å². The molecule has 1 aliphatic heterocycles. The van der Waals surface area contributed by atoms with Crippen molar-refractivity contribution in [3.05, 3.63) is 78.6 Å². The van der Waals surface area contributed by atoms with Crippen molar-refractivity contribution >= 4 is 41.5 Å². The van der Waals surface area contributed by atoms with Gasteiger partial charge in [0.2, 0.25) is 5.91 Å². The Morgan fingerprint density at radius 1 is 1.10 bits per heavy atom. The Labute approximate surface area is 193 Å². The number of hydrogen-bond acceptors (Lipinski definition) is 3. The van der Waals surface area contributed by atoms with Gasteiger partial charge >= 0.3 is 0 Å². The van der Waals surface area contributed by atoms with Crippen molar-refractivity contribution in [2.45, 2.75) is 19.0 Å². The van der Waals surface area contributed by atoms with Crippen molar-refractivity contribution in [1.29, 1.82) is 0 Å². The lowest BCUT2D eigenvalue weighted by molar-refractivity contribution is -0.117. The van der Waals surface area contributed by atoms with E-state index in [0.717, 1.165) is 16.9 Å². The predicted molar refractivity (Wildman–Crippen MR) is 130 cm³/mol. The quantitative estimate of drug-likeness (QED) is 0.311. The number of carbonyl (C=O) groups excluding carboxylic acids is 1. The Balaban J connectivity index is 0.00000256.